The fourth-order valence-electron chi connectivity index (χ4n) is 2.31. The first kappa shape index (κ1) is 14.4. The molecule has 1 heterocycles. The van der Waals surface area contributed by atoms with Crippen molar-refractivity contribution in [2.24, 2.45) is 0 Å². The summed E-state index contributed by atoms with van der Waals surface area (Å²) in [5.74, 6) is -0.208. The molecule has 0 unspecified atom stereocenters. The van der Waals surface area contributed by atoms with Crippen LogP contribution >= 0.6 is 0 Å². The maximum absolute atomic E-state index is 11.7. The third-order valence-electron chi connectivity index (χ3n) is 3.35. The first-order chi connectivity index (χ1) is 9.65. The topological polar surface area (TPSA) is 61.4 Å². The van der Waals surface area contributed by atoms with Crippen molar-refractivity contribution < 1.29 is 9.59 Å². The second-order valence-corrected chi connectivity index (χ2v) is 5.02. The number of hydrogen-bond donors (Lipinski definition) is 2. The van der Waals surface area contributed by atoms with Crippen molar-refractivity contribution in [3.8, 4) is 0 Å². The van der Waals surface area contributed by atoms with Gasteiger partial charge in [-0.05, 0) is 37.1 Å². The maximum Gasteiger partial charge on any atom is 0.226 e. The summed E-state index contributed by atoms with van der Waals surface area (Å²) in [6, 6.07) is 7.91. The molecule has 1 aromatic carbocycles. The van der Waals surface area contributed by atoms with Crippen LogP contribution in [0.4, 0.5) is 11.4 Å². The van der Waals surface area contributed by atoms with Crippen LogP contribution in [0, 0.1) is 0 Å². The van der Waals surface area contributed by atoms with E-state index in [0.29, 0.717) is 6.54 Å². The molecule has 0 aromatic heterocycles. The van der Waals surface area contributed by atoms with Gasteiger partial charge < -0.3 is 15.5 Å². The van der Waals surface area contributed by atoms with E-state index >= 15 is 0 Å². The number of carbonyl (C=O) groups excluding carboxylic acids is 2. The normalized spacial score (nSPS) is 14.2. The second kappa shape index (κ2) is 6.93. The number of nitrogens with one attached hydrogen (secondary N) is 2. The third-order valence-corrected chi connectivity index (χ3v) is 3.35. The highest BCUT2D eigenvalue weighted by molar-refractivity contribution is 5.91. The van der Waals surface area contributed by atoms with Crippen LogP contribution in [0.5, 0.6) is 0 Å². The van der Waals surface area contributed by atoms with Gasteiger partial charge in [0.15, 0.2) is 0 Å². The Hall–Kier alpha value is -2.04. The number of nitrogens with zero attached hydrogens (tertiary/aromatic N) is 1. The molecular formula is C15H21N3O2. The van der Waals surface area contributed by atoms with E-state index in [-0.39, 0.29) is 18.2 Å². The predicted octanol–water partition coefficient (Wildman–Crippen LogP) is 1.75. The lowest BCUT2D eigenvalue weighted by molar-refractivity contribution is -0.119. The summed E-state index contributed by atoms with van der Waals surface area (Å²) < 4.78 is 0. The van der Waals surface area contributed by atoms with Crippen LogP contribution in [0.3, 0.4) is 0 Å². The van der Waals surface area contributed by atoms with Gasteiger partial charge in [0.2, 0.25) is 11.8 Å². The minimum absolute atomic E-state index is 0.0901. The Balaban J connectivity index is 1.80. The number of benzene rings is 1. The lowest BCUT2D eigenvalue weighted by Gasteiger charge is -2.17. The Morgan fingerprint density at radius 2 is 1.80 bits per heavy atom. The van der Waals surface area contributed by atoms with Gasteiger partial charge >= 0.3 is 0 Å². The van der Waals surface area contributed by atoms with Crippen molar-refractivity contribution in [1.82, 2.24) is 5.32 Å². The zero-order valence-corrected chi connectivity index (χ0v) is 11.8. The highest BCUT2D eigenvalue weighted by Gasteiger charge is 2.12. The molecule has 1 saturated heterocycles. The van der Waals surface area contributed by atoms with Crippen LogP contribution in [-0.4, -0.2) is 31.4 Å². The zero-order valence-electron chi connectivity index (χ0n) is 11.8. The van der Waals surface area contributed by atoms with E-state index in [1.807, 2.05) is 24.3 Å². The number of carbonyl (C=O) groups is 2. The number of hydrogen-bond acceptors (Lipinski definition) is 3. The van der Waals surface area contributed by atoms with Crippen LogP contribution in [-0.2, 0) is 9.59 Å². The second-order valence-electron chi connectivity index (χ2n) is 5.02. The van der Waals surface area contributed by atoms with Crippen LogP contribution in [0.25, 0.3) is 0 Å². The SMILES string of the molecule is CC(=O)NCCC(=O)Nc1ccc(N2CCCC2)cc1. The summed E-state index contributed by atoms with van der Waals surface area (Å²) in [5.41, 5.74) is 2.00. The van der Waals surface area contributed by atoms with E-state index in [9.17, 15) is 9.59 Å². The van der Waals surface area contributed by atoms with Crippen molar-refractivity contribution in [3.05, 3.63) is 24.3 Å². The number of rotatable bonds is 5. The molecule has 2 rings (SSSR count). The Labute approximate surface area is 119 Å². The van der Waals surface area contributed by atoms with Gasteiger partial charge in [0.1, 0.15) is 0 Å². The number of amides is 2. The Kier molecular flexibility index (Phi) is 4.98. The zero-order chi connectivity index (χ0) is 14.4. The summed E-state index contributed by atoms with van der Waals surface area (Å²) in [6.45, 7) is 4.03. The van der Waals surface area contributed by atoms with Gasteiger partial charge in [-0.15, -0.1) is 0 Å². The summed E-state index contributed by atoms with van der Waals surface area (Å²) in [4.78, 5) is 24.7. The summed E-state index contributed by atoms with van der Waals surface area (Å²) in [6.07, 6.45) is 2.79. The molecule has 5 nitrogen and oxygen atoms in total. The van der Waals surface area contributed by atoms with E-state index in [1.54, 1.807) is 0 Å². The summed E-state index contributed by atoms with van der Waals surface area (Å²) in [5, 5.41) is 5.43. The van der Waals surface area contributed by atoms with Gasteiger partial charge in [0.05, 0.1) is 0 Å². The lowest BCUT2D eigenvalue weighted by atomic mass is 10.2. The van der Waals surface area contributed by atoms with Crippen LogP contribution in [0.2, 0.25) is 0 Å². The van der Waals surface area contributed by atoms with Gasteiger partial charge in [-0.2, -0.15) is 0 Å². The fourth-order valence-corrected chi connectivity index (χ4v) is 2.31. The molecule has 0 atom stereocenters. The summed E-state index contributed by atoms with van der Waals surface area (Å²) >= 11 is 0. The molecule has 108 valence electrons. The average molecular weight is 275 g/mol. The fraction of sp³-hybridized carbons (Fsp3) is 0.467. The van der Waals surface area contributed by atoms with E-state index in [2.05, 4.69) is 15.5 Å². The van der Waals surface area contributed by atoms with Gasteiger partial charge in [-0.3, -0.25) is 9.59 Å². The first-order valence-electron chi connectivity index (χ1n) is 7.04. The molecule has 2 amide bonds. The van der Waals surface area contributed by atoms with Gasteiger partial charge in [-0.25, -0.2) is 0 Å². The van der Waals surface area contributed by atoms with E-state index in [0.717, 1.165) is 18.8 Å². The molecule has 0 spiro atoms. The molecule has 1 fully saturated rings. The lowest BCUT2D eigenvalue weighted by Crippen LogP contribution is -2.25. The van der Waals surface area contributed by atoms with Crippen molar-refractivity contribution in [3.63, 3.8) is 0 Å². The van der Waals surface area contributed by atoms with Gasteiger partial charge in [-0.1, -0.05) is 0 Å². The van der Waals surface area contributed by atoms with Gasteiger partial charge in [0.25, 0.3) is 0 Å². The minimum atomic E-state index is -0.118. The highest BCUT2D eigenvalue weighted by Crippen LogP contribution is 2.21. The van der Waals surface area contributed by atoms with Crippen molar-refractivity contribution in [1.29, 1.82) is 0 Å². The Morgan fingerprint density at radius 3 is 2.40 bits per heavy atom. The first-order valence-corrected chi connectivity index (χ1v) is 7.04. The quantitative estimate of drug-likeness (QED) is 0.860. The van der Waals surface area contributed by atoms with Crippen LogP contribution < -0.4 is 15.5 Å². The monoisotopic (exact) mass is 275 g/mol. The molecular weight excluding hydrogens is 254 g/mol. The largest absolute Gasteiger partial charge is 0.372 e. The third kappa shape index (κ3) is 4.26. The molecule has 0 aliphatic carbocycles. The van der Waals surface area contributed by atoms with Gasteiger partial charge in [0, 0.05) is 44.4 Å². The Bertz CT molecular complexity index is 465. The molecule has 1 aromatic rings. The van der Waals surface area contributed by atoms with Crippen LogP contribution in [0.15, 0.2) is 24.3 Å². The Morgan fingerprint density at radius 1 is 1.15 bits per heavy atom. The molecule has 0 radical (unpaired) electrons. The van der Waals surface area contributed by atoms with Crippen molar-refractivity contribution in [2.45, 2.75) is 26.2 Å². The molecule has 0 saturated carbocycles. The molecule has 5 heteroatoms. The predicted molar refractivity (Wildman–Crippen MR) is 79.8 cm³/mol. The molecule has 20 heavy (non-hydrogen) atoms. The molecule has 1 aliphatic rings. The van der Waals surface area contributed by atoms with Crippen molar-refractivity contribution in [2.75, 3.05) is 29.9 Å². The average Bonchev–Trinajstić information content (AvgIpc) is 2.93. The smallest absolute Gasteiger partial charge is 0.226 e. The molecule has 0 bridgehead atoms. The highest BCUT2D eigenvalue weighted by atomic mass is 16.2. The van der Waals surface area contributed by atoms with Crippen molar-refractivity contribution >= 4 is 23.2 Å². The molecule has 1 aliphatic heterocycles. The van der Waals surface area contributed by atoms with E-state index in [1.165, 1.54) is 25.5 Å². The number of anilines is 2. The molecule has 2 N–H and O–H groups in total. The maximum atomic E-state index is 11.7. The van der Waals surface area contributed by atoms with E-state index in [4.69, 9.17) is 0 Å². The minimum Gasteiger partial charge on any atom is -0.372 e. The van der Waals surface area contributed by atoms with Crippen LogP contribution in [0.1, 0.15) is 26.2 Å². The standard InChI is InChI=1S/C15H21N3O2/c1-12(19)16-9-8-15(20)17-13-4-6-14(7-5-13)18-10-2-3-11-18/h4-7H,2-3,8-11H2,1H3,(H,16,19)(H,17,20). The summed E-state index contributed by atoms with van der Waals surface area (Å²) in [7, 11) is 0. The van der Waals surface area contributed by atoms with E-state index < -0.39 is 0 Å².